The van der Waals surface area contributed by atoms with E-state index in [1.807, 2.05) is 18.0 Å². The van der Waals surface area contributed by atoms with Crippen molar-refractivity contribution in [2.24, 2.45) is 0 Å². The molecule has 0 saturated carbocycles. The predicted molar refractivity (Wildman–Crippen MR) is 133 cm³/mol. The Morgan fingerprint density at radius 2 is 1.76 bits per heavy atom. The van der Waals surface area contributed by atoms with Crippen LogP contribution in [-0.4, -0.2) is 31.5 Å². The third-order valence-corrected chi connectivity index (χ3v) is 6.08. The minimum atomic E-state index is -2.57. The smallest absolute Gasteiger partial charge is 0.269 e. The van der Waals surface area contributed by atoms with Crippen LogP contribution in [0.25, 0.3) is 11.1 Å². The second kappa shape index (κ2) is 13.9. The molecule has 1 aliphatic rings. The van der Waals surface area contributed by atoms with E-state index >= 15 is 0 Å². The van der Waals surface area contributed by atoms with Gasteiger partial charge in [0.15, 0.2) is 0 Å². The molecule has 1 aromatic carbocycles. The van der Waals surface area contributed by atoms with Crippen LogP contribution in [0.5, 0.6) is 0 Å². The monoisotopic (exact) mass is 459 g/mol. The number of alkyl halides is 2. The lowest BCUT2D eigenvalue weighted by atomic mass is 9.93. The zero-order valence-corrected chi connectivity index (χ0v) is 20.6. The van der Waals surface area contributed by atoms with Crippen molar-refractivity contribution >= 4 is 11.6 Å². The van der Waals surface area contributed by atoms with Crippen LogP contribution < -0.4 is 10.2 Å². The number of nitrogens with one attached hydrogen (secondary N) is 1. The molecule has 1 N–H and O–H groups in total. The third-order valence-electron chi connectivity index (χ3n) is 6.08. The fraction of sp³-hybridized carbons (Fsp3) is 0.556. The molecule has 6 heteroatoms. The number of aromatic nitrogens is 1. The molecule has 2 heterocycles. The SMILES string of the molecule is CCCCCCCCC.CNC(=O)c1ccc(-c2cc3c(cc2C(F)F)N(C)CCC3)cn1. The number of halogens is 2. The van der Waals surface area contributed by atoms with Crippen LogP contribution in [0, 0.1) is 0 Å². The number of pyridine rings is 1. The number of hydrogen-bond acceptors (Lipinski definition) is 3. The number of aryl methyl sites for hydroxylation is 1. The number of unbranched alkanes of at least 4 members (excludes halogenated alkanes) is 6. The van der Waals surface area contributed by atoms with E-state index in [0.29, 0.717) is 11.1 Å². The number of amides is 1. The van der Waals surface area contributed by atoms with E-state index in [4.69, 9.17) is 0 Å². The molecule has 3 rings (SSSR count). The summed E-state index contributed by atoms with van der Waals surface area (Å²) in [6.45, 7) is 5.40. The summed E-state index contributed by atoms with van der Waals surface area (Å²) in [4.78, 5) is 17.7. The average Bonchev–Trinajstić information content (AvgIpc) is 2.83. The van der Waals surface area contributed by atoms with Crippen molar-refractivity contribution in [2.45, 2.75) is 78.1 Å². The summed E-state index contributed by atoms with van der Waals surface area (Å²) < 4.78 is 27.1. The summed E-state index contributed by atoms with van der Waals surface area (Å²) in [5.41, 5.74) is 3.27. The van der Waals surface area contributed by atoms with Gasteiger partial charge in [-0.1, -0.05) is 64.9 Å². The van der Waals surface area contributed by atoms with Gasteiger partial charge in [-0.3, -0.25) is 9.78 Å². The first-order valence-corrected chi connectivity index (χ1v) is 12.3. The number of nitrogens with zero attached hydrogens (tertiary/aromatic N) is 2. The van der Waals surface area contributed by atoms with E-state index in [-0.39, 0.29) is 17.2 Å². The van der Waals surface area contributed by atoms with E-state index in [1.54, 1.807) is 18.2 Å². The summed E-state index contributed by atoms with van der Waals surface area (Å²) in [5, 5.41) is 2.49. The Labute approximate surface area is 197 Å². The molecule has 2 aromatic rings. The van der Waals surface area contributed by atoms with Gasteiger partial charge in [-0.05, 0) is 42.2 Å². The Hall–Kier alpha value is -2.50. The molecule has 0 fully saturated rings. The third kappa shape index (κ3) is 7.79. The second-order valence-corrected chi connectivity index (χ2v) is 8.67. The molecule has 0 saturated heterocycles. The number of carbonyl (C=O) groups excluding carboxylic acids is 1. The Morgan fingerprint density at radius 1 is 1.09 bits per heavy atom. The highest BCUT2D eigenvalue weighted by Crippen LogP contribution is 2.38. The molecule has 0 radical (unpaired) electrons. The number of anilines is 1. The fourth-order valence-corrected chi connectivity index (χ4v) is 4.11. The van der Waals surface area contributed by atoms with E-state index in [1.165, 1.54) is 58.2 Å². The molecule has 0 aliphatic carbocycles. The van der Waals surface area contributed by atoms with Gasteiger partial charge in [0.05, 0.1) is 0 Å². The highest BCUT2D eigenvalue weighted by molar-refractivity contribution is 5.92. The van der Waals surface area contributed by atoms with Crippen LogP contribution in [0.2, 0.25) is 0 Å². The van der Waals surface area contributed by atoms with Gasteiger partial charge < -0.3 is 10.2 Å². The Morgan fingerprint density at radius 3 is 2.30 bits per heavy atom. The number of hydrogen-bond donors (Lipinski definition) is 1. The van der Waals surface area contributed by atoms with Crippen molar-refractivity contribution in [1.82, 2.24) is 10.3 Å². The van der Waals surface area contributed by atoms with Gasteiger partial charge in [0.25, 0.3) is 12.3 Å². The Kier molecular flexibility index (Phi) is 11.3. The lowest BCUT2D eigenvalue weighted by Gasteiger charge is -2.29. The predicted octanol–water partition coefficient (Wildman–Crippen LogP) is 7.19. The second-order valence-electron chi connectivity index (χ2n) is 8.67. The quantitative estimate of drug-likeness (QED) is 0.404. The van der Waals surface area contributed by atoms with Crippen molar-refractivity contribution < 1.29 is 13.6 Å². The normalized spacial score (nSPS) is 12.8. The summed E-state index contributed by atoms with van der Waals surface area (Å²) in [6, 6.07) is 6.64. The van der Waals surface area contributed by atoms with Gasteiger partial charge in [0.1, 0.15) is 5.69 Å². The highest BCUT2D eigenvalue weighted by Gasteiger charge is 2.22. The van der Waals surface area contributed by atoms with Crippen LogP contribution in [-0.2, 0) is 6.42 Å². The van der Waals surface area contributed by atoms with Crippen molar-refractivity contribution in [3.63, 3.8) is 0 Å². The minimum Gasteiger partial charge on any atom is -0.374 e. The Balaban J connectivity index is 0.000000365. The lowest BCUT2D eigenvalue weighted by molar-refractivity contribution is 0.0958. The zero-order valence-electron chi connectivity index (χ0n) is 20.6. The summed E-state index contributed by atoms with van der Waals surface area (Å²) in [6.07, 6.45) is 10.8. The van der Waals surface area contributed by atoms with Gasteiger partial charge in [-0.2, -0.15) is 0 Å². The standard InChI is InChI=1S/C18H19F2N3O.C9H20/c1-21-18(24)15-6-5-12(10-22-15)13-8-11-4-3-7-23(2)16(11)9-14(13)17(19)20;1-3-5-7-9-8-6-4-2/h5-6,8-10,17H,3-4,7H2,1-2H3,(H,21,24);3-9H2,1-2H3. The summed E-state index contributed by atoms with van der Waals surface area (Å²) in [5.74, 6) is -0.303. The fourth-order valence-electron chi connectivity index (χ4n) is 4.11. The van der Waals surface area contributed by atoms with Crippen molar-refractivity contribution in [1.29, 1.82) is 0 Å². The maximum Gasteiger partial charge on any atom is 0.269 e. The molecule has 0 unspecified atom stereocenters. The van der Waals surface area contributed by atoms with Gasteiger partial charge in [-0.25, -0.2) is 8.78 Å². The summed E-state index contributed by atoms with van der Waals surface area (Å²) in [7, 11) is 3.44. The van der Waals surface area contributed by atoms with E-state index in [9.17, 15) is 13.6 Å². The van der Waals surface area contributed by atoms with Crippen molar-refractivity contribution in [3.8, 4) is 11.1 Å². The minimum absolute atomic E-state index is 0.00278. The average molecular weight is 460 g/mol. The molecular formula is C27H39F2N3O. The molecule has 0 bridgehead atoms. The van der Waals surface area contributed by atoms with Crippen molar-refractivity contribution in [3.05, 3.63) is 47.3 Å². The molecular weight excluding hydrogens is 420 g/mol. The lowest BCUT2D eigenvalue weighted by Crippen LogP contribution is -2.25. The first-order valence-electron chi connectivity index (χ1n) is 12.3. The van der Waals surface area contributed by atoms with E-state index in [2.05, 4.69) is 24.1 Å². The largest absolute Gasteiger partial charge is 0.374 e. The molecule has 1 amide bonds. The van der Waals surface area contributed by atoms with Gasteiger partial charge in [-0.15, -0.1) is 0 Å². The van der Waals surface area contributed by atoms with Gasteiger partial charge >= 0.3 is 0 Å². The number of carbonyl (C=O) groups is 1. The van der Waals surface area contributed by atoms with Gasteiger partial charge in [0, 0.05) is 43.7 Å². The zero-order chi connectivity index (χ0) is 24.2. The van der Waals surface area contributed by atoms with Crippen LogP contribution in [0.3, 0.4) is 0 Å². The molecule has 4 nitrogen and oxygen atoms in total. The van der Waals surface area contributed by atoms with Gasteiger partial charge in [0.2, 0.25) is 0 Å². The van der Waals surface area contributed by atoms with Crippen LogP contribution in [0.15, 0.2) is 30.5 Å². The van der Waals surface area contributed by atoms with Crippen LogP contribution in [0.1, 0.15) is 93.3 Å². The number of rotatable bonds is 9. The summed E-state index contributed by atoms with van der Waals surface area (Å²) >= 11 is 0. The topological polar surface area (TPSA) is 45.2 Å². The molecule has 182 valence electrons. The maximum absolute atomic E-state index is 13.6. The highest BCUT2D eigenvalue weighted by atomic mass is 19.3. The molecule has 0 spiro atoms. The first kappa shape index (κ1) is 26.7. The van der Waals surface area contributed by atoms with E-state index in [0.717, 1.165) is 30.6 Å². The molecule has 1 aromatic heterocycles. The Bertz CT molecular complexity index is 862. The molecule has 1 aliphatic heterocycles. The molecule has 0 atom stereocenters. The van der Waals surface area contributed by atoms with Crippen LogP contribution >= 0.6 is 0 Å². The maximum atomic E-state index is 13.6. The van der Waals surface area contributed by atoms with Crippen LogP contribution in [0.4, 0.5) is 14.5 Å². The number of fused-ring (bicyclic) bond motifs is 1. The van der Waals surface area contributed by atoms with Crippen molar-refractivity contribution in [2.75, 3.05) is 25.5 Å². The van der Waals surface area contributed by atoms with E-state index < -0.39 is 6.43 Å². The number of benzene rings is 1. The first-order chi connectivity index (χ1) is 15.9. The molecule has 33 heavy (non-hydrogen) atoms.